The molecule has 0 radical (unpaired) electrons. The molecule has 102 valence electrons. The maximum Gasteiger partial charge on any atom is 0.270 e. The molecule has 0 unspecified atom stereocenters. The number of carbonyl (C=O) groups excluding carboxylic acids is 1. The Morgan fingerprint density at radius 2 is 1.85 bits per heavy atom. The standard InChI is InChI=1S/C14H11IN2O3/c1-9-2-4-10(5-3-9)16-14(18)12-8-11(17(19)20)6-7-13(12)15/h2-8H,1H3,(H,16,18). The van der Waals surface area contributed by atoms with Crippen LogP contribution < -0.4 is 5.32 Å². The van der Waals surface area contributed by atoms with Gasteiger partial charge in [0.1, 0.15) is 0 Å². The number of hydrogen-bond donors (Lipinski definition) is 1. The number of carbonyl (C=O) groups is 1. The van der Waals surface area contributed by atoms with Gasteiger partial charge in [0.05, 0.1) is 10.5 Å². The maximum atomic E-state index is 12.2. The van der Waals surface area contributed by atoms with Gasteiger partial charge in [-0.1, -0.05) is 17.7 Å². The van der Waals surface area contributed by atoms with E-state index >= 15 is 0 Å². The van der Waals surface area contributed by atoms with Gasteiger partial charge >= 0.3 is 0 Å². The average molecular weight is 382 g/mol. The van der Waals surface area contributed by atoms with E-state index in [-0.39, 0.29) is 11.6 Å². The zero-order valence-electron chi connectivity index (χ0n) is 10.6. The van der Waals surface area contributed by atoms with Crippen molar-refractivity contribution in [2.75, 3.05) is 5.32 Å². The molecular weight excluding hydrogens is 371 g/mol. The first-order valence-electron chi connectivity index (χ1n) is 5.79. The van der Waals surface area contributed by atoms with Crippen LogP contribution in [0.5, 0.6) is 0 Å². The molecule has 0 spiro atoms. The molecule has 0 aliphatic heterocycles. The lowest BCUT2D eigenvalue weighted by Gasteiger charge is -2.07. The predicted octanol–water partition coefficient (Wildman–Crippen LogP) is 3.76. The summed E-state index contributed by atoms with van der Waals surface area (Å²) in [7, 11) is 0. The molecule has 2 rings (SSSR count). The van der Waals surface area contributed by atoms with Gasteiger partial charge in [0.15, 0.2) is 0 Å². The summed E-state index contributed by atoms with van der Waals surface area (Å²) >= 11 is 1.98. The topological polar surface area (TPSA) is 72.2 Å². The van der Waals surface area contributed by atoms with Crippen molar-refractivity contribution in [3.8, 4) is 0 Å². The third-order valence-corrected chi connectivity index (χ3v) is 3.66. The van der Waals surface area contributed by atoms with Gasteiger partial charge in [-0.2, -0.15) is 0 Å². The minimum atomic E-state index is -0.515. The van der Waals surface area contributed by atoms with Crippen molar-refractivity contribution in [1.29, 1.82) is 0 Å². The second-order valence-corrected chi connectivity index (χ2v) is 5.40. The highest BCUT2D eigenvalue weighted by Gasteiger charge is 2.15. The average Bonchev–Trinajstić information content (AvgIpc) is 2.41. The lowest BCUT2D eigenvalue weighted by atomic mass is 10.1. The first-order chi connectivity index (χ1) is 9.47. The second kappa shape index (κ2) is 6.00. The zero-order chi connectivity index (χ0) is 14.7. The van der Waals surface area contributed by atoms with E-state index in [1.54, 1.807) is 18.2 Å². The van der Waals surface area contributed by atoms with Crippen molar-refractivity contribution in [1.82, 2.24) is 0 Å². The fourth-order valence-electron chi connectivity index (χ4n) is 1.64. The van der Waals surface area contributed by atoms with Crippen molar-refractivity contribution in [2.24, 2.45) is 0 Å². The molecule has 20 heavy (non-hydrogen) atoms. The Kier molecular flexibility index (Phi) is 4.33. The van der Waals surface area contributed by atoms with Crippen molar-refractivity contribution in [3.05, 3.63) is 67.3 Å². The first-order valence-corrected chi connectivity index (χ1v) is 6.87. The van der Waals surface area contributed by atoms with E-state index < -0.39 is 4.92 Å². The van der Waals surface area contributed by atoms with Crippen LogP contribution in [0.1, 0.15) is 15.9 Å². The molecule has 0 fully saturated rings. The van der Waals surface area contributed by atoms with E-state index in [0.29, 0.717) is 14.8 Å². The Morgan fingerprint density at radius 1 is 1.20 bits per heavy atom. The molecule has 2 aromatic carbocycles. The third-order valence-electron chi connectivity index (χ3n) is 2.71. The minimum absolute atomic E-state index is 0.0977. The number of halogens is 1. The SMILES string of the molecule is Cc1ccc(NC(=O)c2cc([N+](=O)[O-])ccc2I)cc1. The molecule has 0 saturated carbocycles. The largest absolute Gasteiger partial charge is 0.322 e. The predicted molar refractivity (Wildman–Crippen MR) is 84.9 cm³/mol. The molecule has 0 bridgehead atoms. The van der Waals surface area contributed by atoms with Crippen molar-refractivity contribution < 1.29 is 9.72 Å². The van der Waals surface area contributed by atoms with E-state index in [4.69, 9.17) is 0 Å². The fraction of sp³-hybridized carbons (Fsp3) is 0.0714. The van der Waals surface area contributed by atoms with E-state index in [1.807, 2.05) is 41.6 Å². The van der Waals surface area contributed by atoms with Crippen LogP contribution in [0.4, 0.5) is 11.4 Å². The smallest absolute Gasteiger partial charge is 0.270 e. The number of aryl methyl sites for hydroxylation is 1. The number of nitro groups is 1. The van der Waals surface area contributed by atoms with Crippen molar-refractivity contribution >= 4 is 39.9 Å². The molecule has 0 atom stereocenters. The Hall–Kier alpha value is -1.96. The van der Waals surface area contributed by atoms with E-state index in [0.717, 1.165) is 5.56 Å². The van der Waals surface area contributed by atoms with Crippen molar-refractivity contribution in [2.45, 2.75) is 6.92 Å². The summed E-state index contributed by atoms with van der Waals surface area (Å²) in [6.07, 6.45) is 0. The Morgan fingerprint density at radius 3 is 2.45 bits per heavy atom. The van der Waals surface area contributed by atoms with Crippen LogP contribution in [-0.2, 0) is 0 Å². The van der Waals surface area contributed by atoms with Crippen molar-refractivity contribution in [3.63, 3.8) is 0 Å². The summed E-state index contributed by atoms with van der Waals surface area (Å²) in [6, 6.07) is 11.6. The number of nitrogens with one attached hydrogen (secondary N) is 1. The molecule has 0 saturated heterocycles. The molecule has 0 aliphatic carbocycles. The number of amides is 1. The van der Waals surface area contributed by atoms with Gasteiger partial charge in [0.2, 0.25) is 0 Å². The zero-order valence-corrected chi connectivity index (χ0v) is 12.7. The summed E-state index contributed by atoms with van der Waals surface area (Å²) in [5.41, 5.74) is 1.94. The highest BCUT2D eigenvalue weighted by molar-refractivity contribution is 14.1. The molecule has 1 amide bonds. The Bertz CT molecular complexity index is 669. The number of nitro benzene ring substituents is 1. The van der Waals surface area contributed by atoms with Gasteiger partial charge in [0, 0.05) is 21.4 Å². The van der Waals surface area contributed by atoms with Crippen LogP contribution in [0.3, 0.4) is 0 Å². The van der Waals surface area contributed by atoms with E-state index in [1.165, 1.54) is 12.1 Å². The highest BCUT2D eigenvalue weighted by Crippen LogP contribution is 2.21. The van der Waals surface area contributed by atoms with Crippen LogP contribution in [0.2, 0.25) is 0 Å². The molecule has 2 aromatic rings. The molecule has 0 aliphatic rings. The number of hydrogen-bond acceptors (Lipinski definition) is 3. The molecular formula is C14H11IN2O3. The number of rotatable bonds is 3. The Labute approximate surface area is 129 Å². The van der Waals surface area contributed by atoms with E-state index in [9.17, 15) is 14.9 Å². The van der Waals surface area contributed by atoms with Crippen LogP contribution in [0.25, 0.3) is 0 Å². The number of anilines is 1. The molecule has 0 aromatic heterocycles. The normalized spacial score (nSPS) is 10.1. The first kappa shape index (κ1) is 14.4. The summed E-state index contributed by atoms with van der Waals surface area (Å²) in [5.74, 6) is -0.359. The number of non-ortho nitro benzene ring substituents is 1. The van der Waals surface area contributed by atoms with Gasteiger partial charge < -0.3 is 5.32 Å². The lowest BCUT2D eigenvalue weighted by Crippen LogP contribution is -2.13. The van der Waals surface area contributed by atoms with Gasteiger partial charge in [-0.3, -0.25) is 14.9 Å². The highest BCUT2D eigenvalue weighted by atomic mass is 127. The summed E-state index contributed by atoms with van der Waals surface area (Å²) < 4.78 is 0.665. The summed E-state index contributed by atoms with van der Waals surface area (Å²) in [5, 5.41) is 13.5. The van der Waals surface area contributed by atoms with Crippen LogP contribution in [0, 0.1) is 20.6 Å². The monoisotopic (exact) mass is 382 g/mol. The number of benzene rings is 2. The van der Waals surface area contributed by atoms with Gasteiger partial charge in [-0.25, -0.2) is 0 Å². The maximum absolute atomic E-state index is 12.2. The van der Waals surface area contributed by atoms with Gasteiger partial charge in [-0.05, 0) is 47.7 Å². The molecule has 1 N–H and O–H groups in total. The third kappa shape index (κ3) is 3.32. The van der Waals surface area contributed by atoms with Gasteiger partial charge in [-0.15, -0.1) is 0 Å². The lowest BCUT2D eigenvalue weighted by molar-refractivity contribution is -0.384. The fourth-order valence-corrected chi connectivity index (χ4v) is 2.22. The quantitative estimate of drug-likeness (QED) is 0.499. The van der Waals surface area contributed by atoms with Crippen LogP contribution >= 0.6 is 22.6 Å². The second-order valence-electron chi connectivity index (χ2n) is 4.24. The van der Waals surface area contributed by atoms with Crippen LogP contribution in [-0.4, -0.2) is 10.8 Å². The minimum Gasteiger partial charge on any atom is -0.322 e. The molecule has 6 heteroatoms. The summed E-state index contributed by atoms with van der Waals surface area (Å²) in [4.78, 5) is 22.4. The Balaban J connectivity index is 2.26. The summed E-state index contributed by atoms with van der Waals surface area (Å²) in [6.45, 7) is 1.95. The van der Waals surface area contributed by atoms with Gasteiger partial charge in [0.25, 0.3) is 11.6 Å². The van der Waals surface area contributed by atoms with E-state index in [2.05, 4.69) is 5.32 Å². The number of nitrogens with zero attached hydrogens (tertiary/aromatic N) is 1. The molecule has 5 nitrogen and oxygen atoms in total. The molecule has 0 heterocycles. The van der Waals surface area contributed by atoms with Crippen LogP contribution in [0.15, 0.2) is 42.5 Å².